The molecule has 6 heteroatoms. The molecule has 0 spiro atoms. The molecule has 98 valence electrons. The lowest BCUT2D eigenvalue weighted by atomic mass is 10.2. The van der Waals surface area contributed by atoms with Crippen molar-refractivity contribution in [1.29, 1.82) is 0 Å². The highest BCUT2D eigenvalue weighted by Gasteiger charge is 2.15. The Morgan fingerprint density at radius 1 is 1.37 bits per heavy atom. The summed E-state index contributed by atoms with van der Waals surface area (Å²) in [5.74, 6) is 0. The Morgan fingerprint density at radius 2 is 2.11 bits per heavy atom. The topological polar surface area (TPSA) is 65.1 Å². The number of benzene rings is 1. The van der Waals surface area contributed by atoms with E-state index < -0.39 is 4.92 Å². The van der Waals surface area contributed by atoms with E-state index in [0.29, 0.717) is 16.6 Å². The Morgan fingerprint density at radius 3 is 2.74 bits per heavy atom. The van der Waals surface area contributed by atoms with Gasteiger partial charge in [0.25, 0.3) is 11.2 Å². The Balaban J connectivity index is 2.41. The summed E-state index contributed by atoms with van der Waals surface area (Å²) in [4.78, 5) is 22.2. The number of rotatable bonds is 3. The van der Waals surface area contributed by atoms with Crippen LogP contribution in [0.15, 0.2) is 45.8 Å². The van der Waals surface area contributed by atoms with Crippen molar-refractivity contribution < 1.29 is 4.92 Å². The zero-order valence-corrected chi connectivity index (χ0v) is 11.8. The summed E-state index contributed by atoms with van der Waals surface area (Å²) < 4.78 is 1.92. The van der Waals surface area contributed by atoms with Gasteiger partial charge in [0, 0.05) is 18.3 Å². The first-order valence-electron chi connectivity index (χ1n) is 5.58. The summed E-state index contributed by atoms with van der Waals surface area (Å²) in [6, 6.07) is 8.14. The van der Waals surface area contributed by atoms with E-state index in [4.69, 9.17) is 0 Å². The molecule has 5 nitrogen and oxygen atoms in total. The third-order valence-electron chi connectivity index (χ3n) is 2.75. The molecule has 2 aromatic rings. The molecule has 19 heavy (non-hydrogen) atoms. The van der Waals surface area contributed by atoms with Crippen molar-refractivity contribution in [3.63, 3.8) is 0 Å². The minimum absolute atomic E-state index is 0.00217. The molecule has 0 saturated carbocycles. The highest BCUT2D eigenvalue weighted by atomic mass is 79.9. The van der Waals surface area contributed by atoms with Crippen LogP contribution in [-0.4, -0.2) is 9.49 Å². The Kier molecular flexibility index (Phi) is 3.80. The molecule has 0 unspecified atom stereocenters. The van der Waals surface area contributed by atoms with Crippen LogP contribution in [0.2, 0.25) is 0 Å². The van der Waals surface area contributed by atoms with Gasteiger partial charge in [0.15, 0.2) is 0 Å². The standard InChI is InChI=1S/C13H11BrN2O3/c1-9-5-6-15(12(17)7-9)8-10-3-2-4-11(13(10)14)16(18)19/h2-7H,8H2,1H3. The number of hydrogen-bond acceptors (Lipinski definition) is 3. The quantitative estimate of drug-likeness (QED) is 0.644. The van der Waals surface area contributed by atoms with Gasteiger partial charge in [-0.25, -0.2) is 0 Å². The van der Waals surface area contributed by atoms with Crippen molar-refractivity contribution in [2.45, 2.75) is 13.5 Å². The molecule has 0 amide bonds. The second-order valence-electron chi connectivity index (χ2n) is 4.18. The van der Waals surface area contributed by atoms with E-state index in [2.05, 4.69) is 15.9 Å². The molecule has 0 fully saturated rings. The Bertz CT molecular complexity index is 695. The van der Waals surface area contributed by atoms with Gasteiger partial charge < -0.3 is 4.57 Å². The van der Waals surface area contributed by atoms with Crippen LogP contribution in [0.25, 0.3) is 0 Å². The van der Waals surface area contributed by atoms with Crippen molar-refractivity contribution in [3.05, 3.63) is 72.6 Å². The van der Waals surface area contributed by atoms with E-state index in [9.17, 15) is 14.9 Å². The summed E-state index contributed by atoms with van der Waals surface area (Å²) in [5, 5.41) is 10.8. The Labute approximate surface area is 117 Å². The van der Waals surface area contributed by atoms with Gasteiger partial charge in [-0.05, 0) is 40.0 Å². The minimum Gasteiger partial charge on any atom is -0.311 e. The van der Waals surface area contributed by atoms with Crippen molar-refractivity contribution in [3.8, 4) is 0 Å². The lowest BCUT2D eigenvalue weighted by Gasteiger charge is -2.08. The molecule has 1 aromatic carbocycles. The molecular formula is C13H11BrN2O3. The van der Waals surface area contributed by atoms with Crippen LogP contribution >= 0.6 is 15.9 Å². The predicted octanol–water partition coefficient (Wildman–Crippen LogP) is 2.88. The maximum atomic E-state index is 11.8. The van der Waals surface area contributed by atoms with Crippen molar-refractivity contribution in [2.24, 2.45) is 0 Å². The molecule has 0 saturated heterocycles. The molecule has 1 aromatic heterocycles. The number of nitro groups is 1. The fraction of sp³-hybridized carbons (Fsp3) is 0.154. The van der Waals surface area contributed by atoms with Gasteiger partial charge in [-0.15, -0.1) is 0 Å². The molecule has 0 aliphatic carbocycles. The SMILES string of the molecule is Cc1ccn(Cc2cccc([N+](=O)[O-])c2Br)c(=O)c1. The van der Waals surface area contributed by atoms with E-state index in [1.165, 1.54) is 16.7 Å². The summed E-state index contributed by atoms with van der Waals surface area (Å²) in [7, 11) is 0. The monoisotopic (exact) mass is 322 g/mol. The maximum absolute atomic E-state index is 11.8. The number of aryl methyl sites for hydroxylation is 1. The van der Waals surface area contributed by atoms with Crippen molar-refractivity contribution in [2.75, 3.05) is 0 Å². The van der Waals surface area contributed by atoms with E-state index in [1.807, 2.05) is 13.0 Å². The van der Waals surface area contributed by atoms with E-state index >= 15 is 0 Å². The van der Waals surface area contributed by atoms with Crippen LogP contribution in [0.3, 0.4) is 0 Å². The summed E-state index contributed by atoms with van der Waals surface area (Å²) >= 11 is 3.22. The molecule has 2 rings (SSSR count). The fourth-order valence-corrected chi connectivity index (χ4v) is 2.28. The molecular weight excluding hydrogens is 312 g/mol. The molecule has 0 radical (unpaired) electrons. The second-order valence-corrected chi connectivity index (χ2v) is 4.97. The third kappa shape index (κ3) is 2.90. The summed E-state index contributed by atoms with van der Waals surface area (Å²) in [6.07, 6.45) is 1.68. The normalized spacial score (nSPS) is 10.4. The van der Waals surface area contributed by atoms with Gasteiger partial charge in [0.2, 0.25) is 0 Å². The average molecular weight is 323 g/mol. The molecule has 0 atom stereocenters. The first kappa shape index (κ1) is 13.5. The van der Waals surface area contributed by atoms with E-state index in [0.717, 1.165) is 5.56 Å². The smallest absolute Gasteiger partial charge is 0.283 e. The largest absolute Gasteiger partial charge is 0.311 e. The number of pyridine rings is 1. The molecule has 0 bridgehead atoms. The number of hydrogen-bond donors (Lipinski definition) is 0. The third-order valence-corrected chi connectivity index (χ3v) is 3.66. The zero-order valence-electron chi connectivity index (χ0n) is 10.2. The zero-order chi connectivity index (χ0) is 14.0. The fourth-order valence-electron chi connectivity index (χ4n) is 1.75. The molecule has 1 heterocycles. The van der Waals surface area contributed by atoms with Crippen molar-refractivity contribution >= 4 is 21.6 Å². The number of nitro benzene ring substituents is 1. The van der Waals surface area contributed by atoms with Gasteiger partial charge in [-0.3, -0.25) is 14.9 Å². The summed E-state index contributed by atoms with van der Waals surface area (Å²) in [6.45, 7) is 2.14. The first-order chi connectivity index (χ1) is 8.99. The van der Waals surface area contributed by atoms with Crippen LogP contribution in [-0.2, 0) is 6.54 Å². The highest BCUT2D eigenvalue weighted by molar-refractivity contribution is 9.10. The van der Waals surface area contributed by atoms with Crippen LogP contribution in [0.4, 0.5) is 5.69 Å². The lowest BCUT2D eigenvalue weighted by molar-refractivity contribution is -0.385. The van der Waals surface area contributed by atoms with Gasteiger partial charge in [0.05, 0.1) is 11.5 Å². The van der Waals surface area contributed by atoms with Crippen LogP contribution in [0.5, 0.6) is 0 Å². The predicted molar refractivity (Wildman–Crippen MR) is 75.3 cm³/mol. The van der Waals surface area contributed by atoms with Crippen molar-refractivity contribution in [1.82, 2.24) is 4.57 Å². The number of halogens is 1. The lowest BCUT2D eigenvalue weighted by Crippen LogP contribution is -2.19. The van der Waals surface area contributed by atoms with Crippen LogP contribution in [0.1, 0.15) is 11.1 Å². The second kappa shape index (κ2) is 5.36. The van der Waals surface area contributed by atoms with Gasteiger partial charge in [-0.1, -0.05) is 12.1 Å². The Hall–Kier alpha value is -1.95. The number of nitrogens with zero attached hydrogens (tertiary/aromatic N) is 2. The number of aromatic nitrogens is 1. The van der Waals surface area contributed by atoms with Crippen LogP contribution in [0, 0.1) is 17.0 Å². The first-order valence-corrected chi connectivity index (χ1v) is 6.37. The van der Waals surface area contributed by atoms with Gasteiger partial charge >= 0.3 is 0 Å². The highest BCUT2D eigenvalue weighted by Crippen LogP contribution is 2.28. The molecule has 0 N–H and O–H groups in total. The molecule has 0 aliphatic rings. The van der Waals surface area contributed by atoms with E-state index in [-0.39, 0.29) is 11.2 Å². The maximum Gasteiger partial charge on any atom is 0.283 e. The molecule has 0 aliphatic heterocycles. The van der Waals surface area contributed by atoms with Gasteiger partial charge in [-0.2, -0.15) is 0 Å². The van der Waals surface area contributed by atoms with Crippen LogP contribution < -0.4 is 5.56 Å². The minimum atomic E-state index is -0.453. The average Bonchev–Trinajstić information content (AvgIpc) is 2.34. The summed E-state index contributed by atoms with van der Waals surface area (Å²) in [5.41, 5.74) is 1.45. The van der Waals surface area contributed by atoms with Gasteiger partial charge in [0.1, 0.15) is 4.47 Å². The van der Waals surface area contributed by atoms with E-state index in [1.54, 1.807) is 18.3 Å².